The molecule has 0 radical (unpaired) electrons. The molecule has 2 aromatic heterocycles. The molecule has 0 spiro atoms. The normalized spacial score (nSPS) is 10.8. The van der Waals surface area contributed by atoms with Crippen molar-refractivity contribution in [3.05, 3.63) is 47.8 Å². The van der Waals surface area contributed by atoms with Crippen molar-refractivity contribution in [3.63, 3.8) is 0 Å². The van der Waals surface area contributed by atoms with Crippen molar-refractivity contribution in [2.75, 3.05) is 5.32 Å². The summed E-state index contributed by atoms with van der Waals surface area (Å²) in [5.41, 5.74) is 1.21. The lowest BCUT2D eigenvalue weighted by Gasteiger charge is -2.06. The predicted molar refractivity (Wildman–Crippen MR) is 65.5 cm³/mol. The average Bonchev–Trinajstić information content (AvgIpc) is 2.83. The standard InChI is InChI=1S/C11H7ClFN5/c12-8-5-7(1-2-9(8)13)16-10-11-17-15-6-18(11)4-3-14-10/h1-6H,(H,14,16). The van der Waals surface area contributed by atoms with E-state index in [9.17, 15) is 4.39 Å². The fourth-order valence-corrected chi connectivity index (χ4v) is 1.74. The van der Waals surface area contributed by atoms with Crippen LogP contribution in [0.5, 0.6) is 0 Å². The monoisotopic (exact) mass is 263 g/mol. The van der Waals surface area contributed by atoms with Crippen LogP contribution in [0.2, 0.25) is 5.02 Å². The number of anilines is 2. The maximum absolute atomic E-state index is 13.0. The first-order valence-electron chi connectivity index (χ1n) is 5.10. The van der Waals surface area contributed by atoms with Crippen LogP contribution in [0.1, 0.15) is 0 Å². The number of halogens is 2. The molecule has 0 saturated heterocycles. The van der Waals surface area contributed by atoms with Crippen LogP contribution in [0.25, 0.3) is 5.65 Å². The van der Waals surface area contributed by atoms with Gasteiger partial charge < -0.3 is 5.32 Å². The van der Waals surface area contributed by atoms with Crippen LogP contribution in [0, 0.1) is 5.82 Å². The van der Waals surface area contributed by atoms with Gasteiger partial charge in [-0.2, -0.15) is 0 Å². The molecule has 1 aromatic carbocycles. The van der Waals surface area contributed by atoms with Gasteiger partial charge in [-0.25, -0.2) is 9.37 Å². The molecule has 3 aromatic rings. The third-order valence-corrected chi connectivity index (χ3v) is 2.69. The van der Waals surface area contributed by atoms with Crippen molar-refractivity contribution in [3.8, 4) is 0 Å². The van der Waals surface area contributed by atoms with Gasteiger partial charge in [0, 0.05) is 18.1 Å². The Labute approximate surface area is 106 Å². The molecular weight excluding hydrogens is 257 g/mol. The van der Waals surface area contributed by atoms with Crippen LogP contribution < -0.4 is 5.32 Å². The van der Waals surface area contributed by atoms with Gasteiger partial charge in [0.1, 0.15) is 12.1 Å². The first kappa shape index (κ1) is 10.9. The third-order valence-electron chi connectivity index (χ3n) is 2.40. The van der Waals surface area contributed by atoms with Crippen molar-refractivity contribution in [1.82, 2.24) is 19.6 Å². The van der Waals surface area contributed by atoms with Gasteiger partial charge in [0.25, 0.3) is 0 Å². The lowest BCUT2D eigenvalue weighted by atomic mass is 10.3. The zero-order valence-electron chi connectivity index (χ0n) is 9.01. The van der Waals surface area contributed by atoms with Gasteiger partial charge >= 0.3 is 0 Å². The number of benzene rings is 1. The maximum atomic E-state index is 13.0. The van der Waals surface area contributed by atoms with Crippen LogP contribution in [0.15, 0.2) is 36.9 Å². The van der Waals surface area contributed by atoms with Crippen LogP contribution in [-0.2, 0) is 0 Å². The number of nitrogens with zero attached hydrogens (tertiary/aromatic N) is 4. The zero-order valence-corrected chi connectivity index (χ0v) is 9.76. The minimum Gasteiger partial charge on any atom is -0.337 e. The van der Waals surface area contributed by atoms with E-state index >= 15 is 0 Å². The molecule has 3 rings (SSSR count). The summed E-state index contributed by atoms with van der Waals surface area (Å²) in [4.78, 5) is 4.16. The van der Waals surface area contributed by atoms with Crippen molar-refractivity contribution in [2.45, 2.75) is 0 Å². The van der Waals surface area contributed by atoms with Gasteiger partial charge in [-0.3, -0.25) is 4.40 Å². The molecule has 18 heavy (non-hydrogen) atoms. The van der Waals surface area contributed by atoms with E-state index in [4.69, 9.17) is 11.6 Å². The second-order valence-electron chi connectivity index (χ2n) is 3.59. The van der Waals surface area contributed by atoms with Gasteiger partial charge in [0.15, 0.2) is 5.82 Å². The summed E-state index contributed by atoms with van der Waals surface area (Å²) >= 11 is 5.71. The third kappa shape index (κ3) is 1.86. The highest BCUT2D eigenvalue weighted by molar-refractivity contribution is 6.31. The lowest BCUT2D eigenvalue weighted by molar-refractivity contribution is 0.628. The number of nitrogens with one attached hydrogen (secondary N) is 1. The number of hydrogen-bond acceptors (Lipinski definition) is 4. The van der Waals surface area contributed by atoms with E-state index in [0.717, 1.165) is 0 Å². The van der Waals surface area contributed by atoms with Crippen molar-refractivity contribution in [2.24, 2.45) is 0 Å². The second kappa shape index (κ2) is 4.23. The predicted octanol–water partition coefficient (Wildman–Crippen LogP) is 2.66. The van der Waals surface area contributed by atoms with Crippen LogP contribution in [-0.4, -0.2) is 19.6 Å². The first-order valence-corrected chi connectivity index (χ1v) is 5.48. The van der Waals surface area contributed by atoms with Crippen molar-refractivity contribution >= 4 is 28.8 Å². The molecule has 0 amide bonds. The molecule has 0 aliphatic heterocycles. The molecule has 90 valence electrons. The van der Waals surface area contributed by atoms with Crippen LogP contribution >= 0.6 is 11.6 Å². The summed E-state index contributed by atoms with van der Waals surface area (Å²) in [6.45, 7) is 0. The Kier molecular flexibility index (Phi) is 2.56. The summed E-state index contributed by atoms with van der Waals surface area (Å²) < 4.78 is 14.8. The molecular formula is C11H7ClFN5. The molecule has 0 bridgehead atoms. The molecule has 1 N–H and O–H groups in total. The van der Waals surface area contributed by atoms with E-state index in [1.807, 2.05) is 0 Å². The largest absolute Gasteiger partial charge is 0.337 e. The van der Waals surface area contributed by atoms with E-state index in [2.05, 4.69) is 20.5 Å². The maximum Gasteiger partial charge on any atom is 0.203 e. The summed E-state index contributed by atoms with van der Waals surface area (Å²) in [6, 6.07) is 4.34. The number of rotatable bonds is 2. The first-order chi connectivity index (χ1) is 8.74. The van der Waals surface area contributed by atoms with E-state index in [1.54, 1.807) is 29.2 Å². The summed E-state index contributed by atoms with van der Waals surface area (Å²) in [7, 11) is 0. The number of fused-ring (bicyclic) bond motifs is 1. The van der Waals surface area contributed by atoms with Gasteiger partial charge in [-0.1, -0.05) is 11.6 Å². The van der Waals surface area contributed by atoms with Crippen molar-refractivity contribution in [1.29, 1.82) is 0 Å². The Balaban J connectivity index is 2.01. The van der Waals surface area contributed by atoms with Gasteiger partial charge in [-0.05, 0) is 18.2 Å². The summed E-state index contributed by atoms with van der Waals surface area (Å²) in [5.74, 6) is 0.0635. The minimum atomic E-state index is -0.462. The Morgan fingerprint density at radius 2 is 2.22 bits per heavy atom. The molecule has 7 heteroatoms. The lowest BCUT2D eigenvalue weighted by Crippen LogP contribution is -1.97. The topological polar surface area (TPSA) is 55.1 Å². The number of aromatic nitrogens is 4. The molecule has 2 heterocycles. The summed E-state index contributed by atoms with van der Waals surface area (Å²) in [5, 5.41) is 10.8. The Morgan fingerprint density at radius 1 is 1.33 bits per heavy atom. The van der Waals surface area contributed by atoms with Gasteiger partial charge in [-0.15, -0.1) is 10.2 Å². The second-order valence-corrected chi connectivity index (χ2v) is 4.00. The Hall–Kier alpha value is -2.21. The van der Waals surface area contributed by atoms with Crippen LogP contribution in [0.3, 0.4) is 0 Å². The van der Waals surface area contributed by atoms with Gasteiger partial charge in [0.2, 0.25) is 5.65 Å². The van der Waals surface area contributed by atoms with Crippen molar-refractivity contribution < 1.29 is 4.39 Å². The highest BCUT2D eigenvalue weighted by Gasteiger charge is 2.06. The molecule has 0 saturated carbocycles. The fraction of sp³-hybridized carbons (Fsp3) is 0. The summed E-state index contributed by atoms with van der Waals surface area (Å²) in [6.07, 6.45) is 4.92. The minimum absolute atomic E-state index is 0.0495. The quantitative estimate of drug-likeness (QED) is 0.772. The van der Waals surface area contributed by atoms with E-state index in [0.29, 0.717) is 17.2 Å². The highest BCUT2D eigenvalue weighted by Crippen LogP contribution is 2.23. The van der Waals surface area contributed by atoms with Crippen LogP contribution in [0.4, 0.5) is 15.9 Å². The molecule has 0 unspecified atom stereocenters. The molecule has 0 aliphatic carbocycles. The molecule has 5 nitrogen and oxygen atoms in total. The van der Waals surface area contributed by atoms with E-state index in [-0.39, 0.29) is 5.02 Å². The van der Waals surface area contributed by atoms with E-state index in [1.165, 1.54) is 12.1 Å². The smallest absolute Gasteiger partial charge is 0.203 e. The SMILES string of the molecule is Fc1ccc(Nc2nccn3cnnc23)cc1Cl. The number of hydrogen-bond donors (Lipinski definition) is 1. The molecule has 0 aliphatic rings. The van der Waals surface area contributed by atoms with Gasteiger partial charge in [0.05, 0.1) is 5.02 Å². The molecule has 0 fully saturated rings. The molecule has 0 atom stereocenters. The average molecular weight is 264 g/mol. The fourth-order valence-electron chi connectivity index (χ4n) is 1.56. The highest BCUT2D eigenvalue weighted by atomic mass is 35.5. The zero-order chi connectivity index (χ0) is 12.5. The Bertz CT molecular complexity index is 711. The Morgan fingerprint density at radius 3 is 3.06 bits per heavy atom. The van der Waals surface area contributed by atoms with E-state index < -0.39 is 5.82 Å².